The quantitative estimate of drug-likeness (QED) is 0.907. The number of hydrogen-bond acceptors (Lipinski definition) is 5. The van der Waals surface area contributed by atoms with Crippen molar-refractivity contribution < 1.29 is 5.11 Å². The van der Waals surface area contributed by atoms with Crippen molar-refractivity contribution in [2.45, 2.75) is 25.5 Å². The topological polar surface area (TPSA) is 75.3 Å². The van der Waals surface area contributed by atoms with Crippen molar-refractivity contribution >= 4 is 17.4 Å². The number of piperidine rings is 1. The highest BCUT2D eigenvalue weighted by molar-refractivity contribution is 6.31. The van der Waals surface area contributed by atoms with Gasteiger partial charge in [-0.05, 0) is 18.9 Å². The van der Waals surface area contributed by atoms with E-state index in [1.54, 1.807) is 18.5 Å². The Bertz CT molecular complexity index is 639. The predicted octanol–water partition coefficient (Wildman–Crippen LogP) is 2.22. The minimum Gasteiger partial charge on any atom is -0.392 e. The van der Waals surface area contributed by atoms with Gasteiger partial charge in [0.25, 0.3) is 0 Å². The van der Waals surface area contributed by atoms with Gasteiger partial charge in [-0.1, -0.05) is 23.7 Å². The maximum Gasteiger partial charge on any atom is 0.147 e. The van der Waals surface area contributed by atoms with Crippen molar-refractivity contribution in [1.82, 2.24) is 9.97 Å². The van der Waals surface area contributed by atoms with E-state index >= 15 is 0 Å². The largest absolute Gasteiger partial charge is 0.392 e. The number of hydrogen-bond donors (Lipinski definition) is 2. The van der Waals surface area contributed by atoms with E-state index in [1.165, 1.54) is 0 Å². The summed E-state index contributed by atoms with van der Waals surface area (Å²) in [6, 6.07) is 5.79. The maximum atomic E-state index is 9.49. The van der Waals surface area contributed by atoms with Crippen molar-refractivity contribution in [2.24, 2.45) is 5.73 Å². The fourth-order valence-corrected chi connectivity index (χ4v) is 2.95. The summed E-state index contributed by atoms with van der Waals surface area (Å²) in [7, 11) is 0. The second-order valence-electron chi connectivity index (χ2n) is 5.51. The van der Waals surface area contributed by atoms with E-state index in [9.17, 15) is 5.11 Å². The van der Waals surface area contributed by atoms with Gasteiger partial charge < -0.3 is 15.7 Å². The van der Waals surface area contributed by atoms with E-state index in [0.717, 1.165) is 37.3 Å². The van der Waals surface area contributed by atoms with Crippen LogP contribution in [0.15, 0.2) is 30.6 Å². The number of aromatic nitrogens is 2. The lowest BCUT2D eigenvalue weighted by Gasteiger charge is -2.30. The van der Waals surface area contributed by atoms with Crippen LogP contribution in [0.2, 0.25) is 5.02 Å². The molecule has 1 saturated heterocycles. The van der Waals surface area contributed by atoms with Gasteiger partial charge >= 0.3 is 0 Å². The summed E-state index contributed by atoms with van der Waals surface area (Å²) in [4.78, 5) is 11.2. The second kappa shape index (κ2) is 6.60. The summed E-state index contributed by atoms with van der Waals surface area (Å²) in [6.07, 6.45) is 5.46. The molecule has 0 unspecified atom stereocenters. The van der Waals surface area contributed by atoms with Crippen molar-refractivity contribution in [1.29, 1.82) is 0 Å². The van der Waals surface area contributed by atoms with Gasteiger partial charge in [-0.15, -0.1) is 0 Å². The van der Waals surface area contributed by atoms with Crippen molar-refractivity contribution in [3.8, 4) is 11.3 Å². The summed E-state index contributed by atoms with van der Waals surface area (Å²) in [6.45, 7) is 1.70. The van der Waals surface area contributed by atoms with Crippen molar-refractivity contribution in [2.75, 3.05) is 18.0 Å². The number of benzene rings is 1. The maximum absolute atomic E-state index is 9.49. The summed E-state index contributed by atoms with van der Waals surface area (Å²) in [5.74, 6) is 0.864. The lowest BCUT2D eigenvalue weighted by molar-refractivity contribution is 0.282. The van der Waals surface area contributed by atoms with Gasteiger partial charge in [0.05, 0.1) is 24.7 Å². The first kappa shape index (κ1) is 15.2. The molecule has 0 bridgehead atoms. The lowest BCUT2D eigenvalue weighted by Crippen LogP contribution is -2.40. The molecule has 1 fully saturated rings. The molecule has 0 amide bonds. The average molecular weight is 319 g/mol. The molecule has 3 N–H and O–H groups in total. The summed E-state index contributed by atoms with van der Waals surface area (Å²) in [5, 5.41) is 10.0. The lowest BCUT2D eigenvalue weighted by atomic mass is 10.1. The molecule has 2 aromatic rings. The van der Waals surface area contributed by atoms with E-state index in [-0.39, 0.29) is 6.61 Å². The highest BCUT2D eigenvalue weighted by Crippen LogP contribution is 2.28. The van der Waals surface area contributed by atoms with E-state index in [2.05, 4.69) is 14.9 Å². The third-order valence-corrected chi connectivity index (χ3v) is 4.41. The van der Waals surface area contributed by atoms with Crippen molar-refractivity contribution in [3.63, 3.8) is 0 Å². The second-order valence-corrected chi connectivity index (χ2v) is 5.92. The fraction of sp³-hybridized carbons (Fsp3) is 0.375. The van der Waals surface area contributed by atoms with Gasteiger partial charge in [0.15, 0.2) is 0 Å². The van der Waals surface area contributed by atoms with Crippen LogP contribution in [0.1, 0.15) is 18.4 Å². The number of aliphatic hydroxyl groups is 1. The zero-order valence-corrected chi connectivity index (χ0v) is 13.0. The van der Waals surface area contributed by atoms with Crippen LogP contribution in [0.4, 0.5) is 5.82 Å². The number of anilines is 1. The van der Waals surface area contributed by atoms with Gasteiger partial charge in [0, 0.05) is 35.3 Å². The Labute approximate surface area is 134 Å². The summed E-state index contributed by atoms with van der Waals surface area (Å²) < 4.78 is 0. The molecular formula is C16H19ClN4O. The third kappa shape index (κ3) is 3.06. The van der Waals surface area contributed by atoms with Gasteiger partial charge in [-0.25, -0.2) is 4.98 Å². The van der Waals surface area contributed by atoms with Crippen LogP contribution in [-0.4, -0.2) is 34.2 Å². The molecule has 3 rings (SSSR count). The van der Waals surface area contributed by atoms with Crippen LogP contribution >= 0.6 is 11.6 Å². The minimum atomic E-state index is -0.123. The summed E-state index contributed by atoms with van der Waals surface area (Å²) >= 11 is 6.12. The number of rotatable bonds is 3. The molecular weight excluding hydrogens is 300 g/mol. The monoisotopic (exact) mass is 318 g/mol. The standard InChI is InChI=1S/C16H19ClN4O/c17-14-3-1-2-12(13(14)10-22)15-8-20-16(9-19-15)21-6-4-11(18)5-7-21/h1-3,8-9,11,22H,4-7,10,18H2. The molecule has 6 heteroatoms. The van der Waals surface area contributed by atoms with Crippen LogP contribution in [0.25, 0.3) is 11.3 Å². The molecule has 2 heterocycles. The minimum absolute atomic E-state index is 0.123. The SMILES string of the molecule is NC1CCN(c2cnc(-c3cccc(Cl)c3CO)cn2)CC1. The van der Waals surface area contributed by atoms with E-state index in [1.807, 2.05) is 12.1 Å². The zero-order chi connectivity index (χ0) is 15.5. The van der Waals surface area contributed by atoms with Crippen LogP contribution < -0.4 is 10.6 Å². The number of halogens is 1. The van der Waals surface area contributed by atoms with Crippen molar-refractivity contribution in [3.05, 3.63) is 41.2 Å². The zero-order valence-electron chi connectivity index (χ0n) is 12.2. The third-order valence-electron chi connectivity index (χ3n) is 4.05. The fourth-order valence-electron chi connectivity index (χ4n) is 2.71. The molecule has 5 nitrogen and oxygen atoms in total. The first-order valence-electron chi connectivity index (χ1n) is 7.40. The molecule has 0 saturated carbocycles. The predicted molar refractivity (Wildman–Crippen MR) is 87.8 cm³/mol. The van der Waals surface area contributed by atoms with E-state index in [0.29, 0.717) is 22.3 Å². The molecule has 0 atom stereocenters. The molecule has 116 valence electrons. The van der Waals surface area contributed by atoms with Crippen LogP contribution in [0.3, 0.4) is 0 Å². The normalized spacial score (nSPS) is 16.0. The molecule has 0 radical (unpaired) electrons. The molecule has 1 aromatic carbocycles. The Hall–Kier alpha value is -1.69. The van der Waals surface area contributed by atoms with E-state index in [4.69, 9.17) is 17.3 Å². The average Bonchev–Trinajstić information content (AvgIpc) is 2.55. The molecule has 0 spiro atoms. The molecule has 1 aromatic heterocycles. The van der Waals surface area contributed by atoms with Crippen LogP contribution in [-0.2, 0) is 6.61 Å². The van der Waals surface area contributed by atoms with Gasteiger partial charge in [0.1, 0.15) is 5.82 Å². The molecule has 1 aliphatic heterocycles. The molecule has 0 aliphatic carbocycles. The van der Waals surface area contributed by atoms with Gasteiger partial charge in [0.2, 0.25) is 0 Å². The van der Waals surface area contributed by atoms with Crippen LogP contribution in [0, 0.1) is 0 Å². The molecule has 1 aliphatic rings. The van der Waals surface area contributed by atoms with Gasteiger partial charge in [-0.2, -0.15) is 0 Å². The number of nitrogens with zero attached hydrogens (tertiary/aromatic N) is 3. The highest BCUT2D eigenvalue weighted by Gasteiger charge is 2.18. The smallest absolute Gasteiger partial charge is 0.147 e. The molecule has 22 heavy (non-hydrogen) atoms. The first-order valence-corrected chi connectivity index (χ1v) is 7.78. The first-order chi connectivity index (χ1) is 10.7. The Morgan fingerprint density at radius 2 is 2.00 bits per heavy atom. The highest BCUT2D eigenvalue weighted by atomic mass is 35.5. The summed E-state index contributed by atoms with van der Waals surface area (Å²) in [5.41, 5.74) is 8.13. The van der Waals surface area contributed by atoms with Crippen LogP contribution in [0.5, 0.6) is 0 Å². The Morgan fingerprint density at radius 1 is 1.23 bits per heavy atom. The van der Waals surface area contributed by atoms with E-state index < -0.39 is 0 Å². The van der Waals surface area contributed by atoms with Gasteiger partial charge in [-0.3, -0.25) is 4.98 Å². The Morgan fingerprint density at radius 3 is 2.64 bits per heavy atom. The number of aliphatic hydroxyl groups excluding tert-OH is 1. The number of nitrogens with two attached hydrogens (primary N) is 1. The Balaban J connectivity index is 1.84. The Kier molecular flexibility index (Phi) is 4.57.